The monoisotopic (exact) mass is 875 g/mol. The average Bonchev–Trinajstić information content (AvgIpc) is 3.23. The summed E-state index contributed by atoms with van der Waals surface area (Å²) in [6.45, 7) is 2.13. The number of hydrogen-bond acceptors (Lipinski definition) is 14. The molecule has 0 bridgehead atoms. The zero-order valence-corrected chi connectivity index (χ0v) is 37.6. The van der Waals surface area contributed by atoms with Gasteiger partial charge in [-0.3, -0.25) is 0 Å². The number of nitrogens with zero attached hydrogens (tertiary/aromatic N) is 1. The Balaban J connectivity index is 1.16. The summed E-state index contributed by atoms with van der Waals surface area (Å²) in [6, 6.07) is 6.33. The maximum absolute atomic E-state index is 10.1. The van der Waals surface area contributed by atoms with E-state index >= 15 is 0 Å². The molecule has 2 aliphatic heterocycles. The van der Waals surface area contributed by atoms with Crippen LogP contribution in [0.2, 0.25) is 0 Å². The van der Waals surface area contributed by atoms with Gasteiger partial charge in [-0.2, -0.15) is 0 Å². The van der Waals surface area contributed by atoms with Crippen LogP contribution in [0.3, 0.4) is 0 Å². The maximum atomic E-state index is 10.1. The van der Waals surface area contributed by atoms with Gasteiger partial charge in [-0.25, -0.2) is 0 Å². The highest BCUT2D eigenvalue weighted by Gasteiger charge is 2.45. The third kappa shape index (κ3) is 21.2. The molecule has 2 saturated heterocycles. The molecule has 2 aliphatic rings. The fourth-order valence-corrected chi connectivity index (χ4v) is 7.86. The molecular formula is C46H84NO14+. The number of ether oxygens (including phenoxy) is 6. The summed E-state index contributed by atoms with van der Waals surface area (Å²) in [6.07, 6.45) is 9.94. The molecule has 1 aromatic rings. The molecule has 0 saturated carbocycles. The standard InChI is InChI=1S/C46H84NO14/c1-47(2,3)31-34-28-35(56-24-20-16-12-8-4-6-10-14-18-22-26-58-45-43(54)41(52)39(50)37(32-48)60-45)30-36(29-34)57-25-21-17-13-9-5-7-11-15-19-23-27-59-46-44(55)42(53)40(51)38(33-49)61-46/h28-30,37-46,48-55H,4-27,31-33H2,1-3H3/q+1/t37-,38-,39-,40-,41+,42+,43+,44+,45+,46+/m1/s1. The van der Waals surface area contributed by atoms with Gasteiger partial charge in [0.05, 0.1) is 47.6 Å². The summed E-state index contributed by atoms with van der Waals surface area (Å²) in [5, 5.41) is 78.2. The average molecular weight is 875 g/mol. The number of aliphatic hydroxyl groups excluding tert-OH is 8. The van der Waals surface area contributed by atoms with Gasteiger partial charge in [-0.1, -0.05) is 103 Å². The number of unbranched alkanes of at least 4 members (excludes halogenated alkanes) is 18. The van der Waals surface area contributed by atoms with Crippen molar-refractivity contribution in [3.8, 4) is 11.5 Å². The highest BCUT2D eigenvalue weighted by atomic mass is 16.7. The van der Waals surface area contributed by atoms with Crippen LogP contribution in [0.5, 0.6) is 11.5 Å². The number of aliphatic hydroxyl groups is 8. The summed E-state index contributed by atoms with van der Waals surface area (Å²) in [4.78, 5) is 0. The fourth-order valence-electron chi connectivity index (χ4n) is 7.86. The highest BCUT2D eigenvalue weighted by molar-refractivity contribution is 5.38. The van der Waals surface area contributed by atoms with E-state index in [1.54, 1.807) is 0 Å². The Morgan fingerprint density at radius 1 is 0.426 bits per heavy atom. The number of benzene rings is 1. The molecule has 0 unspecified atom stereocenters. The normalized spacial score (nSPS) is 27.1. The zero-order chi connectivity index (χ0) is 44.5. The molecule has 2 heterocycles. The molecule has 0 spiro atoms. The molecule has 2 fully saturated rings. The molecular weight excluding hydrogens is 790 g/mol. The summed E-state index contributed by atoms with van der Waals surface area (Å²) in [7, 11) is 6.56. The lowest BCUT2D eigenvalue weighted by atomic mass is 9.99. The van der Waals surface area contributed by atoms with E-state index in [2.05, 4.69) is 33.3 Å². The van der Waals surface area contributed by atoms with Crippen LogP contribution in [-0.4, -0.2) is 168 Å². The SMILES string of the molecule is C[N+](C)(C)Cc1cc(OCCCCCCCCCCCCO[C@H]2O[C@H](CO)[C@@H](O)[C@H](O)[C@@H]2O)cc(OCCCCCCCCCCCCO[C@H]2O[C@H](CO)[C@@H](O)[C@H](O)[C@@H]2O)c1. The Labute approximate surface area is 365 Å². The highest BCUT2D eigenvalue weighted by Crippen LogP contribution is 2.27. The second-order valence-electron chi connectivity index (χ2n) is 18.2. The molecule has 3 rings (SSSR count). The summed E-state index contributed by atoms with van der Waals surface area (Å²) in [5.41, 5.74) is 1.21. The first-order valence-electron chi connectivity index (χ1n) is 23.4. The number of hydrogen-bond donors (Lipinski definition) is 8. The number of rotatable bonds is 34. The first-order chi connectivity index (χ1) is 29.3. The van der Waals surface area contributed by atoms with Crippen LogP contribution >= 0.6 is 0 Å². The Hall–Kier alpha value is -1.70. The minimum absolute atomic E-state index is 0.383. The van der Waals surface area contributed by atoms with Crippen LogP contribution in [-0.2, 0) is 25.5 Å². The molecule has 8 N–H and O–H groups in total. The van der Waals surface area contributed by atoms with Gasteiger partial charge in [-0.15, -0.1) is 0 Å². The van der Waals surface area contributed by atoms with Crippen molar-refractivity contribution in [2.45, 2.75) is 196 Å². The molecule has 0 amide bonds. The van der Waals surface area contributed by atoms with Crippen molar-refractivity contribution in [1.82, 2.24) is 0 Å². The van der Waals surface area contributed by atoms with E-state index in [1.807, 2.05) is 6.07 Å². The Kier molecular flexibility index (Phi) is 26.8. The van der Waals surface area contributed by atoms with Crippen LogP contribution in [0.4, 0.5) is 0 Å². The lowest BCUT2D eigenvalue weighted by molar-refractivity contribution is -0.884. The van der Waals surface area contributed by atoms with Gasteiger partial charge in [-0.05, 0) is 37.8 Å². The van der Waals surface area contributed by atoms with Gasteiger partial charge >= 0.3 is 0 Å². The zero-order valence-electron chi connectivity index (χ0n) is 37.6. The summed E-state index contributed by atoms with van der Waals surface area (Å²) in [5.74, 6) is 1.75. The van der Waals surface area contributed by atoms with E-state index in [0.717, 1.165) is 86.7 Å². The molecule has 61 heavy (non-hydrogen) atoms. The van der Waals surface area contributed by atoms with E-state index in [1.165, 1.54) is 69.8 Å². The molecule has 0 aliphatic carbocycles. The fraction of sp³-hybridized carbons (Fsp3) is 0.870. The molecule has 10 atom stereocenters. The second-order valence-corrected chi connectivity index (χ2v) is 18.2. The van der Waals surface area contributed by atoms with Gasteiger partial charge in [0.15, 0.2) is 12.6 Å². The van der Waals surface area contributed by atoms with Crippen molar-refractivity contribution < 1.29 is 73.8 Å². The van der Waals surface area contributed by atoms with Gasteiger partial charge in [0.25, 0.3) is 0 Å². The Morgan fingerprint density at radius 3 is 1.05 bits per heavy atom. The van der Waals surface area contributed by atoms with Crippen molar-refractivity contribution in [3.05, 3.63) is 23.8 Å². The maximum Gasteiger partial charge on any atom is 0.186 e. The van der Waals surface area contributed by atoms with Crippen molar-refractivity contribution in [2.75, 3.05) is 60.8 Å². The molecule has 356 valence electrons. The largest absolute Gasteiger partial charge is 0.493 e. The van der Waals surface area contributed by atoms with E-state index in [-0.39, 0.29) is 0 Å². The minimum atomic E-state index is -1.41. The van der Waals surface area contributed by atoms with Crippen LogP contribution in [0.1, 0.15) is 134 Å². The topological polar surface area (TPSA) is 217 Å². The first-order valence-corrected chi connectivity index (χ1v) is 23.4. The van der Waals surface area contributed by atoms with Crippen LogP contribution in [0.15, 0.2) is 18.2 Å². The third-order valence-electron chi connectivity index (χ3n) is 11.5. The summed E-state index contributed by atoms with van der Waals surface area (Å²) >= 11 is 0. The van der Waals surface area contributed by atoms with Gasteiger partial charge in [0.1, 0.15) is 66.9 Å². The predicted octanol–water partition coefficient (Wildman–Crippen LogP) is 4.09. The van der Waals surface area contributed by atoms with Gasteiger partial charge in [0.2, 0.25) is 0 Å². The molecule has 15 heteroatoms. The lowest BCUT2D eigenvalue weighted by Gasteiger charge is -2.39. The smallest absolute Gasteiger partial charge is 0.186 e. The molecule has 0 aromatic heterocycles. The van der Waals surface area contributed by atoms with Crippen LogP contribution in [0, 0.1) is 0 Å². The summed E-state index contributed by atoms with van der Waals surface area (Å²) < 4.78 is 35.2. The lowest BCUT2D eigenvalue weighted by Crippen LogP contribution is -2.59. The first kappa shape index (κ1) is 53.6. The van der Waals surface area contributed by atoms with Gasteiger partial charge < -0.3 is 73.8 Å². The molecule has 1 aromatic carbocycles. The van der Waals surface area contributed by atoms with Crippen molar-refractivity contribution >= 4 is 0 Å². The minimum Gasteiger partial charge on any atom is -0.493 e. The van der Waals surface area contributed by atoms with E-state index in [9.17, 15) is 40.9 Å². The van der Waals surface area contributed by atoms with Crippen molar-refractivity contribution in [2.24, 2.45) is 0 Å². The van der Waals surface area contributed by atoms with Gasteiger partial charge in [0, 0.05) is 24.8 Å². The second kappa shape index (κ2) is 30.4. The van der Waals surface area contributed by atoms with E-state index in [0.29, 0.717) is 26.4 Å². The van der Waals surface area contributed by atoms with Crippen LogP contribution < -0.4 is 9.47 Å². The van der Waals surface area contributed by atoms with E-state index < -0.39 is 74.6 Å². The third-order valence-corrected chi connectivity index (χ3v) is 11.5. The van der Waals surface area contributed by atoms with E-state index in [4.69, 9.17) is 28.4 Å². The van der Waals surface area contributed by atoms with Crippen molar-refractivity contribution in [3.63, 3.8) is 0 Å². The molecule has 0 radical (unpaired) electrons. The van der Waals surface area contributed by atoms with Crippen LogP contribution in [0.25, 0.3) is 0 Å². The molecule has 15 nitrogen and oxygen atoms in total. The predicted molar refractivity (Wildman–Crippen MR) is 231 cm³/mol. The number of quaternary nitrogens is 1. The Morgan fingerprint density at radius 2 is 0.738 bits per heavy atom. The quantitative estimate of drug-likeness (QED) is 0.0362. The Bertz CT molecular complexity index is 1170. The van der Waals surface area contributed by atoms with Crippen molar-refractivity contribution in [1.29, 1.82) is 0 Å².